The van der Waals surface area contributed by atoms with E-state index in [0.29, 0.717) is 0 Å². The molecule has 0 saturated carbocycles. The molecule has 0 aliphatic heterocycles. The summed E-state index contributed by atoms with van der Waals surface area (Å²) in [7, 11) is 0. The molecule has 0 aliphatic carbocycles. The highest BCUT2D eigenvalue weighted by molar-refractivity contribution is 7.81. The summed E-state index contributed by atoms with van der Waals surface area (Å²) in [6, 6.07) is 0. The first kappa shape index (κ1) is 27.0. The topological polar surface area (TPSA) is 149 Å². The second-order valence-corrected chi connectivity index (χ2v) is 3.23. The van der Waals surface area contributed by atoms with Crippen LogP contribution < -0.4 is 0 Å². The smallest absolute Gasteiger partial charge is 0.313 e. The number of hydrogen-bond donors (Lipinski definition) is 6. The molecule has 10 heteroatoms. The fourth-order valence-corrected chi connectivity index (χ4v) is 0. The Hall–Kier alpha value is -1.42. The maximum atomic E-state index is 9.37. The van der Waals surface area contributed by atoms with Crippen LogP contribution in [0.5, 0.6) is 0 Å². The Balaban J connectivity index is -0.0000000853. The average molecular weight is 332 g/mol. The van der Waals surface area contributed by atoms with Crippen LogP contribution in [0.3, 0.4) is 0 Å². The first-order chi connectivity index (χ1) is 9.08. The summed E-state index contributed by atoms with van der Waals surface area (Å²) < 4.78 is 0. The first-order valence-corrected chi connectivity index (χ1v) is 6.44. The zero-order chi connectivity index (χ0) is 17.1. The molecule has 0 fully saturated rings. The molecule has 0 aromatic rings. The molecule has 0 aliphatic rings. The zero-order valence-electron chi connectivity index (χ0n) is 11.1. The zero-order valence-corrected chi connectivity index (χ0v) is 12.9. The van der Waals surface area contributed by atoms with Crippen LogP contribution in [0.25, 0.3) is 0 Å². The van der Waals surface area contributed by atoms with Gasteiger partial charge in [-0.05, 0) is 0 Å². The second-order valence-electron chi connectivity index (χ2n) is 2.60. The number of carboxylic acids is 4. The molecule has 0 amide bonds. The molecular formula is C10H20O8S2. The number of carbonyl (C=O) groups is 4. The van der Waals surface area contributed by atoms with Gasteiger partial charge < -0.3 is 20.4 Å². The van der Waals surface area contributed by atoms with Crippen LogP contribution in [0.1, 0.15) is 26.7 Å². The van der Waals surface area contributed by atoms with Gasteiger partial charge >= 0.3 is 23.9 Å². The van der Waals surface area contributed by atoms with Crippen molar-refractivity contribution in [3.63, 3.8) is 0 Å². The van der Waals surface area contributed by atoms with Crippen LogP contribution in [0.15, 0.2) is 0 Å². The Morgan fingerprint density at radius 2 is 0.750 bits per heavy atom. The molecule has 8 nitrogen and oxygen atoms in total. The van der Waals surface area contributed by atoms with Gasteiger partial charge in [0, 0.05) is 12.8 Å². The van der Waals surface area contributed by atoms with Crippen LogP contribution in [0, 0.1) is 0 Å². The molecule has 20 heavy (non-hydrogen) atoms. The van der Waals surface area contributed by atoms with E-state index in [1.165, 1.54) is 0 Å². The summed E-state index contributed by atoms with van der Waals surface area (Å²) in [4.78, 5) is 37.3. The third-order valence-corrected chi connectivity index (χ3v) is 1.42. The van der Waals surface area contributed by atoms with E-state index in [1.807, 2.05) is 0 Å². The van der Waals surface area contributed by atoms with Crippen molar-refractivity contribution < 1.29 is 39.6 Å². The Morgan fingerprint density at radius 1 is 0.650 bits per heavy atom. The summed E-state index contributed by atoms with van der Waals surface area (Å²) in [6.07, 6.45) is 0.444. The molecule has 0 heterocycles. The van der Waals surface area contributed by atoms with E-state index < -0.39 is 23.9 Å². The molecule has 0 unspecified atom stereocenters. The predicted molar refractivity (Wildman–Crippen MR) is 78.8 cm³/mol. The molecule has 0 aromatic carbocycles. The monoisotopic (exact) mass is 332 g/mol. The summed E-state index contributed by atoms with van der Waals surface area (Å²) >= 11 is 6.83. The van der Waals surface area contributed by atoms with Crippen molar-refractivity contribution in [3.8, 4) is 0 Å². The molecule has 0 aromatic heterocycles. The van der Waals surface area contributed by atoms with E-state index in [2.05, 4.69) is 25.3 Å². The number of carboxylic acid groups (broad SMARTS) is 4. The number of aliphatic carboxylic acids is 4. The van der Waals surface area contributed by atoms with Crippen molar-refractivity contribution in [2.45, 2.75) is 26.7 Å². The van der Waals surface area contributed by atoms with E-state index in [4.69, 9.17) is 20.4 Å². The highest BCUT2D eigenvalue weighted by Crippen LogP contribution is 1.68. The summed E-state index contributed by atoms with van der Waals surface area (Å²) in [6.45, 7) is 3.20. The van der Waals surface area contributed by atoms with Gasteiger partial charge in [0.1, 0.15) is 0 Å². The van der Waals surface area contributed by atoms with Gasteiger partial charge in [-0.1, -0.05) is 13.8 Å². The Bertz CT molecular complexity index is 224. The van der Waals surface area contributed by atoms with Gasteiger partial charge in [0.25, 0.3) is 0 Å². The molecule has 120 valence electrons. The van der Waals surface area contributed by atoms with E-state index in [-0.39, 0.29) is 24.3 Å². The predicted octanol–water partition coefficient (Wildman–Crippen LogP) is 0.964. The van der Waals surface area contributed by atoms with E-state index >= 15 is 0 Å². The molecule has 0 spiro atoms. The minimum absolute atomic E-state index is 0.0833. The van der Waals surface area contributed by atoms with Crippen molar-refractivity contribution in [2.24, 2.45) is 0 Å². The lowest BCUT2D eigenvalue weighted by Crippen LogP contribution is -1.92. The highest BCUT2D eigenvalue weighted by atomic mass is 32.1. The van der Waals surface area contributed by atoms with Gasteiger partial charge in [0.2, 0.25) is 0 Å². The highest BCUT2D eigenvalue weighted by Gasteiger charge is 1.82. The number of thiol groups is 2. The van der Waals surface area contributed by atoms with Gasteiger partial charge in [-0.15, -0.1) is 0 Å². The van der Waals surface area contributed by atoms with Crippen LogP contribution in [0.4, 0.5) is 0 Å². The lowest BCUT2D eigenvalue weighted by atomic mass is 10.5. The van der Waals surface area contributed by atoms with Gasteiger partial charge in [-0.2, -0.15) is 25.3 Å². The van der Waals surface area contributed by atoms with Crippen molar-refractivity contribution in [2.75, 3.05) is 11.5 Å². The Kier molecular flexibility index (Phi) is 30.7. The average Bonchev–Trinajstić information content (AvgIpc) is 2.40. The minimum atomic E-state index is -0.881. The minimum Gasteiger partial charge on any atom is -0.481 e. The normalized spacial score (nSPS) is 7.40. The first-order valence-electron chi connectivity index (χ1n) is 5.17. The molecule has 0 atom stereocenters. The van der Waals surface area contributed by atoms with Crippen LogP contribution >= 0.6 is 25.3 Å². The molecule has 4 N–H and O–H groups in total. The van der Waals surface area contributed by atoms with E-state index in [1.54, 1.807) is 13.8 Å². The maximum absolute atomic E-state index is 9.37. The summed E-state index contributed by atoms with van der Waals surface area (Å²) in [5.74, 6) is -3.42. The molecule has 0 bridgehead atoms. The molecule has 0 saturated heterocycles. The van der Waals surface area contributed by atoms with E-state index in [0.717, 1.165) is 0 Å². The van der Waals surface area contributed by atoms with Crippen molar-refractivity contribution in [1.82, 2.24) is 0 Å². The molecular weight excluding hydrogens is 312 g/mol. The largest absolute Gasteiger partial charge is 0.481 e. The van der Waals surface area contributed by atoms with Gasteiger partial charge in [0.15, 0.2) is 0 Å². The third-order valence-electron chi connectivity index (χ3n) is 0.875. The van der Waals surface area contributed by atoms with Gasteiger partial charge in [-0.3, -0.25) is 19.2 Å². The number of rotatable bonds is 4. The van der Waals surface area contributed by atoms with Crippen molar-refractivity contribution in [3.05, 3.63) is 0 Å². The van der Waals surface area contributed by atoms with E-state index in [9.17, 15) is 19.2 Å². The Morgan fingerprint density at radius 3 is 0.750 bits per heavy atom. The fraction of sp³-hybridized carbons (Fsp3) is 0.600. The third kappa shape index (κ3) is 93.0. The maximum Gasteiger partial charge on any atom is 0.313 e. The lowest BCUT2D eigenvalue weighted by molar-refractivity contribution is -0.137. The van der Waals surface area contributed by atoms with Crippen LogP contribution in [-0.4, -0.2) is 55.8 Å². The fourth-order valence-electron chi connectivity index (χ4n) is 0. The standard InChI is InChI=1S/2C3H6O2.2C2H4O2S/c2*1-2-3(4)5;2*3-2(4)1-5/h2*2H2,1H3,(H,4,5);2*5H,1H2,(H,3,4). The van der Waals surface area contributed by atoms with Gasteiger partial charge in [0.05, 0.1) is 11.5 Å². The molecule has 0 radical (unpaired) electrons. The summed E-state index contributed by atoms with van der Waals surface area (Å²) in [5.41, 5.74) is 0. The Labute approximate surface area is 127 Å². The van der Waals surface area contributed by atoms with Crippen LogP contribution in [0.2, 0.25) is 0 Å². The number of hydrogen-bond acceptors (Lipinski definition) is 6. The summed E-state index contributed by atoms with van der Waals surface area (Å²) in [5, 5.41) is 30.7. The lowest BCUT2D eigenvalue weighted by Gasteiger charge is -1.71. The second kappa shape index (κ2) is 22.7. The van der Waals surface area contributed by atoms with Gasteiger partial charge in [-0.25, -0.2) is 0 Å². The van der Waals surface area contributed by atoms with Crippen molar-refractivity contribution in [1.29, 1.82) is 0 Å². The molecule has 0 rings (SSSR count). The van der Waals surface area contributed by atoms with Crippen LogP contribution in [-0.2, 0) is 19.2 Å². The quantitative estimate of drug-likeness (QED) is 0.417. The van der Waals surface area contributed by atoms with Crippen molar-refractivity contribution >= 4 is 49.1 Å². The SMILES string of the molecule is CCC(=O)O.CCC(=O)O.O=C(O)CS.O=C(O)CS.